The first-order valence-electron chi connectivity index (χ1n) is 15.3. The third-order valence-corrected chi connectivity index (χ3v) is 12.4. The summed E-state index contributed by atoms with van der Waals surface area (Å²) in [6.45, 7) is 4.29. The van der Waals surface area contributed by atoms with Crippen molar-refractivity contribution in [2.75, 3.05) is 19.2 Å². The number of ether oxygens (including phenoxy) is 2. The summed E-state index contributed by atoms with van der Waals surface area (Å²) in [5, 5.41) is 15.8. The molecule has 12 heteroatoms. The number of rotatable bonds is 5. The van der Waals surface area contributed by atoms with Gasteiger partial charge in [-0.3, -0.25) is 9.59 Å². The highest BCUT2D eigenvalue weighted by Crippen LogP contribution is 2.71. The second-order valence-electron chi connectivity index (χ2n) is 13.5. The highest BCUT2D eigenvalue weighted by Gasteiger charge is 2.76. The molecule has 7 rings (SSSR count). The SMILES string of the molecule is CC12Cc3cnn(-c4ccc(F)nc4)c3C=C1CCC1C3CCC(OC(=O)C4CCOC4)(C(=O)SCF)C3(C)CC(O)C12F. The number of aliphatic hydroxyl groups excluding tert-OH is 1. The summed E-state index contributed by atoms with van der Waals surface area (Å²) in [4.78, 5) is 30.7. The second kappa shape index (κ2) is 10.4. The largest absolute Gasteiger partial charge is 0.449 e. The Balaban J connectivity index is 1.25. The Bertz CT molecular complexity index is 1530. The van der Waals surface area contributed by atoms with Gasteiger partial charge in [-0.2, -0.15) is 9.49 Å². The number of carbonyl (C=O) groups is 2. The van der Waals surface area contributed by atoms with Crippen molar-refractivity contribution in [3.05, 3.63) is 47.3 Å². The van der Waals surface area contributed by atoms with Crippen molar-refractivity contribution in [1.29, 1.82) is 0 Å². The van der Waals surface area contributed by atoms with E-state index in [1.807, 2.05) is 19.9 Å². The van der Waals surface area contributed by atoms with Crippen LogP contribution in [0.4, 0.5) is 13.2 Å². The molecular weight excluding hydrogens is 595 g/mol. The molecular formula is C32H36F3N3O5S. The van der Waals surface area contributed by atoms with Crippen molar-refractivity contribution in [1.82, 2.24) is 14.8 Å². The number of allylic oxidation sites excluding steroid dienone is 1. The van der Waals surface area contributed by atoms with Crippen LogP contribution in [0.15, 0.2) is 30.1 Å². The van der Waals surface area contributed by atoms with E-state index in [9.17, 15) is 23.5 Å². The summed E-state index contributed by atoms with van der Waals surface area (Å²) in [5.41, 5.74) is -2.81. The van der Waals surface area contributed by atoms with Crippen LogP contribution in [0.25, 0.3) is 11.8 Å². The fraction of sp³-hybridized carbons (Fsp3) is 0.625. The number of pyridine rings is 1. The molecule has 0 aromatic carbocycles. The van der Waals surface area contributed by atoms with Gasteiger partial charge in [0, 0.05) is 23.4 Å². The summed E-state index contributed by atoms with van der Waals surface area (Å²) in [6, 6.07) is 1.88. The minimum atomic E-state index is -2.03. The van der Waals surface area contributed by atoms with Gasteiger partial charge in [-0.1, -0.05) is 19.4 Å². The van der Waals surface area contributed by atoms with Crippen molar-refractivity contribution in [3.63, 3.8) is 0 Å². The normalized spacial score (nSPS) is 39.1. The Labute approximate surface area is 257 Å². The summed E-state index contributed by atoms with van der Waals surface area (Å²) in [6.07, 6.45) is 5.81. The fourth-order valence-corrected chi connectivity index (χ4v) is 10.1. The number of alkyl halides is 2. The number of aromatic nitrogens is 3. The van der Waals surface area contributed by atoms with Gasteiger partial charge < -0.3 is 14.6 Å². The van der Waals surface area contributed by atoms with E-state index in [1.54, 1.807) is 16.9 Å². The van der Waals surface area contributed by atoms with Crippen LogP contribution >= 0.6 is 11.8 Å². The number of aliphatic hydroxyl groups is 1. The molecule has 4 aliphatic carbocycles. The molecule has 3 heterocycles. The van der Waals surface area contributed by atoms with Crippen molar-refractivity contribution in [2.24, 2.45) is 28.6 Å². The molecule has 0 spiro atoms. The van der Waals surface area contributed by atoms with Gasteiger partial charge in [-0.05, 0) is 86.4 Å². The highest BCUT2D eigenvalue weighted by molar-refractivity contribution is 8.13. The zero-order valence-corrected chi connectivity index (χ0v) is 25.5. The molecule has 3 saturated carbocycles. The van der Waals surface area contributed by atoms with E-state index >= 15 is 4.39 Å². The predicted molar refractivity (Wildman–Crippen MR) is 155 cm³/mol. The molecule has 4 fully saturated rings. The van der Waals surface area contributed by atoms with E-state index in [0.29, 0.717) is 56.2 Å². The number of halogens is 3. The summed E-state index contributed by atoms with van der Waals surface area (Å²) < 4.78 is 58.3. The Morgan fingerprint density at radius 3 is 2.73 bits per heavy atom. The van der Waals surface area contributed by atoms with E-state index in [4.69, 9.17) is 9.47 Å². The van der Waals surface area contributed by atoms with Crippen LogP contribution in [0.2, 0.25) is 0 Å². The predicted octanol–water partition coefficient (Wildman–Crippen LogP) is 5.16. The average Bonchev–Trinajstić information content (AvgIpc) is 3.73. The number of carbonyl (C=O) groups excluding carboxylic acids is 2. The van der Waals surface area contributed by atoms with Gasteiger partial charge >= 0.3 is 5.97 Å². The lowest BCUT2D eigenvalue weighted by atomic mass is 9.44. The maximum atomic E-state index is 18.1. The fourth-order valence-electron chi connectivity index (χ4n) is 9.43. The molecule has 44 heavy (non-hydrogen) atoms. The van der Waals surface area contributed by atoms with Gasteiger partial charge in [0.15, 0.2) is 5.60 Å². The molecule has 0 bridgehead atoms. The second-order valence-corrected chi connectivity index (χ2v) is 14.4. The molecule has 236 valence electrons. The number of thioether (sulfide) groups is 1. The topological polar surface area (TPSA) is 104 Å². The summed E-state index contributed by atoms with van der Waals surface area (Å²) in [5.74, 6) is -2.66. The zero-order chi connectivity index (χ0) is 31.1. The van der Waals surface area contributed by atoms with Crippen LogP contribution < -0.4 is 0 Å². The standard InChI is InChI=1S/C32H36F3N3O5S/c1-29-12-19-14-37-38(21-4-6-26(34)36-15-21)24(19)11-20(29)3-5-23-22-7-9-31(28(41)44-17-33,43-27(40)18-8-10-42-16-18)30(22,2)13-25(39)32(23,29)35/h4,6,11,14-15,18,22-23,25,39H,3,5,7-10,12-13,16-17H2,1-2H3. The molecule has 0 radical (unpaired) electrons. The van der Waals surface area contributed by atoms with E-state index in [0.717, 1.165) is 16.8 Å². The molecule has 0 amide bonds. The van der Waals surface area contributed by atoms with Gasteiger partial charge in [-0.25, -0.2) is 18.4 Å². The number of nitrogens with zero attached hydrogens (tertiary/aromatic N) is 3. The van der Waals surface area contributed by atoms with Gasteiger partial charge in [0.25, 0.3) is 0 Å². The number of hydrogen-bond acceptors (Lipinski definition) is 8. The first-order valence-corrected chi connectivity index (χ1v) is 16.3. The Hall–Kier alpha value is -2.70. The molecule has 1 N–H and O–H groups in total. The van der Waals surface area contributed by atoms with Crippen LogP contribution in [-0.2, 0) is 25.5 Å². The van der Waals surface area contributed by atoms with Crippen molar-refractivity contribution < 1.29 is 37.3 Å². The lowest BCUT2D eigenvalue weighted by Crippen LogP contribution is -2.70. The number of fused-ring (bicyclic) bond motifs is 6. The van der Waals surface area contributed by atoms with Crippen LogP contribution in [-0.4, -0.2) is 67.5 Å². The van der Waals surface area contributed by atoms with E-state index in [2.05, 4.69) is 10.1 Å². The quantitative estimate of drug-likeness (QED) is 0.357. The van der Waals surface area contributed by atoms with E-state index in [-0.39, 0.29) is 25.4 Å². The molecule has 2 aromatic heterocycles. The monoisotopic (exact) mass is 631 g/mol. The third kappa shape index (κ3) is 3.98. The van der Waals surface area contributed by atoms with Crippen LogP contribution in [0, 0.1) is 34.5 Å². The third-order valence-electron chi connectivity index (χ3n) is 11.7. The Morgan fingerprint density at radius 2 is 2.02 bits per heavy atom. The number of hydrogen-bond donors (Lipinski definition) is 1. The van der Waals surface area contributed by atoms with Crippen molar-refractivity contribution in [2.45, 2.75) is 76.2 Å². The van der Waals surface area contributed by atoms with Crippen LogP contribution in [0.1, 0.15) is 63.6 Å². The highest BCUT2D eigenvalue weighted by atomic mass is 32.2. The summed E-state index contributed by atoms with van der Waals surface area (Å²) in [7, 11) is 0. The molecule has 8 atom stereocenters. The Kier molecular flexibility index (Phi) is 7.10. The number of esters is 1. The van der Waals surface area contributed by atoms with Gasteiger partial charge in [0.2, 0.25) is 11.1 Å². The van der Waals surface area contributed by atoms with E-state index in [1.165, 1.54) is 12.3 Å². The molecule has 1 saturated heterocycles. The van der Waals surface area contributed by atoms with Crippen molar-refractivity contribution in [3.8, 4) is 5.69 Å². The molecule has 5 aliphatic rings. The van der Waals surface area contributed by atoms with E-state index < -0.39 is 63.1 Å². The minimum Gasteiger partial charge on any atom is -0.449 e. The Morgan fingerprint density at radius 1 is 1.20 bits per heavy atom. The van der Waals surface area contributed by atoms with Gasteiger partial charge in [0.05, 0.1) is 42.4 Å². The van der Waals surface area contributed by atoms with Crippen LogP contribution in [0.3, 0.4) is 0 Å². The molecule has 8 nitrogen and oxygen atoms in total. The summed E-state index contributed by atoms with van der Waals surface area (Å²) >= 11 is 0.474. The molecule has 8 unspecified atom stereocenters. The lowest BCUT2D eigenvalue weighted by molar-refractivity contribution is -0.229. The maximum absolute atomic E-state index is 18.1. The van der Waals surface area contributed by atoms with Crippen LogP contribution in [0.5, 0.6) is 0 Å². The maximum Gasteiger partial charge on any atom is 0.312 e. The first-order chi connectivity index (χ1) is 21.0. The molecule has 2 aromatic rings. The lowest BCUT2D eigenvalue weighted by Gasteiger charge is -2.63. The zero-order valence-electron chi connectivity index (χ0n) is 24.7. The van der Waals surface area contributed by atoms with Crippen molar-refractivity contribution >= 4 is 28.9 Å². The molecule has 1 aliphatic heterocycles. The average molecular weight is 632 g/mol. The minimum absolute atomic E-state index is 0.103. The first kappa shape index (κ1) is 30.0. The van der Waals surface area contributed by atoms with Gasteiger partial charge in [0.1, 0.15) is 11.7 Å². The van der Waals surface area contributed by atoms with Gasteiger partial charge in [-0.15, -0.1) is 0 Å². The smallest absolute Gasteiger partial charge is 0.312 e.